The summed E-state index contributed by atoms with van der Waals surface area (Å²) in [6.07, 6.45) is 6.90. The Balaban J connectivity index is 2.08. The Hall–Kier alpha value is 0.110. The van der Waals surface area contributed by atoms with E-state index >= 15 is 0 Å². The smallest absolute Gasteiger partial charge is 0.117 e. The van der Waals surface area contributed by atoms with Crippen molar-refractivity contribution in [3.05, 3.63) is 15.0 Å². The van der Waals surface area contributed by atoms with E-state index in [1.54, 1.807) is 11.3 Å². The van der Waals surface area contributed by atoms with E-state index in [2.05, 4.69) is 26.3 Å². The number of rotatable bonds is 1. The standard InChI is InChI=1S/C9H12BrNS/c10-8-6-12-9(11-8)7-4-2-1-3-5-7/h6-7H,1-5H2. The van der Waals surface area contributed by atoms with Crippen molar-refractivity contribution >= 4 is 27.3 Å². The summed E-state index contributed by atoms with van der Waals surface area (Å²) in [6, 6.07) is 0. The van der Waals surface area contributed by atoms with Gasteiger partial charge in [-0.25, -0.2) is 4.98 Å². The van der Waals surface area contributed by atoms with Crippen LogP contribution in [0.3, 0.4) is 0 Å². The normalized spacial score (nSPS) is 19.8. The van der Waals surface area contributed by atoms with Gasteiger partial charge < -0.3 is 0 Å². The van der Waals surface area contributed by atoms with Crippen molar-refractivity contribution in [1.82, 2.24) is 4.98 Å². The topological polar surface area (TPSA) is 12.9 Å². The van der Waals surface area contributed by atoms with Gasteiger partial charge in [0.1, 0.15) is 4.60 Å². The van der Waals surface area contributed by atoms with Gasteiger partial charge in [0.15, 0.2) is 0 Å². The Morgan fingerprint density at radius 3 is 2.67 bits per heavy atom. The van der Waals surface area contributed by atoms with Gasteiger partial charge in [0, 0.05) is 11.3 Å². The Kier molecular flexibility index (Phi) is 2.81. The van der Waals surface area contributed by atoms with E-state index in [9.17, 15) is 0 Å². The third kappa shape index (κ3) is 1.88. The fourth-order valence-electron chi connectivity index (χ4n) is 1.80. The van der Waals surface area contributed by atoms with Crippen molar-refractivity contribution in [3.8, 4) is 0 Å². The maximum atomic E-state index is 4.47. The van der Waals surface area contributed by atoms with Gasteiger partial charge in [-0.05, 0) is 28.8 Å². The highest BCUT2D eigenvalue weighted by molar-refractivity contribution is 9.10. The second-order valence-electron chi connectivity index (χ2n) is 3.34. The van der Waals surface area contributed by atoms with Crippen molar-refractivity contribution in [1.29, 1.82) is 0 Å². The van der Waals surface area contributed by atoms with E-state index in [1.165, 1.54) is 37.1 Å². The van der Waals surface area contributed by atoms with Crippen LogP contribution in [0.15, 0.2) is 9.98 Å². The van der Waals surface area contributed by atoms with Crippen LogP contribution >= 0.6 is 27.3 Å². The van der Waals surface area contributed by atoms with Crippen LogP contribution in [0, 0.1) is 0 Å². The van der Waals surface area contributed by atoms with Crippen LogP contribution in [0.4, 0.5) is 0 Å². The van der Waals surface area contributed by atoms with Gasteiger partial charge in [-0.2, -0.15) is 0 Å². The fourth-order valence-corrected chi connectivity index (χ4v) is 3.24. The molecule has 0 radical (unpaired) electrons. The molecule has 0 spiro atoms. The van der Waals surface area contributed by atoms with Crippen LogP contribution in [0.5, 0.6) is 0 Å². The summed E-state index contributed by atoms with van der Waals surface area (Å²) < 4.78 is 1.01. The van der Waals surface area contributed by atoms with E-state index < -0.39 is 0 Å². The summed E-state index contributed by atoms with van der Waals surface area (Å²) in [5, 5.41) is 3.42. The summed E-state index contributed by atoms with van der Waals surface area (Å²) in [6.45, 7) is 0. The first-order valence-corrected chi connectivity index (χ1v) is 6.14. The molecule has 0 aliphatic heterocycles. The molecule has 0 atom stereocenters. The van der Waals surface area contributed by atoms with Crippen molar-refractivity contribution in [2.75, 3.05) is 0 Å². The summed E-state index contributed by atoms with van der Waals surface area (Å²) >= 11 is 5.20. The molecule has 1 fully saturated rings. The molecule has 1 aliphatic carbocycles. The predicted molar refractivity (Wildman–Crippen MR) is 55.6 cm³/mol. The van der Waals surface area contributed by atoms with Crippen molar-refractivity contribution in [3.63, 3.8) is 0 Å². The highest BCUT2D eigenvalue weighted by Gasteiger charge is 2.17. The van der Waals surface area contributed by atoms with Crippen LogP contribution in [0.2, 0.25) is 0 Å². The Morgan fingerprint density at radius 1 is 1.33 bits per heavy atom. The van der Waals surface area contributed by atoms with Crippen LogP contribution < -0.4 is 0 Å². The van der Waals surface area contributed by atoms with Gasteiger partial charge in [-0.3, -0.25) is 0 Å². The maximum absolute atomic E-state index is 4.47. The minimum absolute atomic E-state index is 0.759. The first-order valence-electron chi connectivity index (χ1n) is 4.47. The number of halogens is 1. The summed E-state index contributed by atoms with van der Waals surface area (Å²) in [7, 11) is 0. The van der Waals surface area contributed by atoms with Gasteiger partial charge in [0.25, 0.3) is 0 Å². The lowest BCUT2D eigenvalue weighted by atomic mass is 9.90. The van der Waals surface area contributed by atoms with E-state index in [0.29, 0.717) is 0 Å². The van der Waals surface area contributed by atoms with Gasteiger partial charge in [0.2, 0.25) is 0 Å². The van der Waals surface area contributed by atoms with Crippen LogP contribution in [-0.2, 0) is 0 Å². The van der Waals surface area contributed by atoms with Gasteiger partial charge in [-0.15, -0.1) is 11.3 Å². The first-order chi connectivity index (χ1) is 5.86. The second-order valence-corrected chi connectivity index (χ2v) is 5.05. The third-order valence-electron chi connectivity index (χ3n) is 2.45. The molecule has 12 heavy (non-hydrogen) atoms. The first kappa shape index (κ1) is 8.70. The monoisotopic (exact) mass is 245 g/mol. The molecule has 3 heteroatoms. The highest BCUT2D eigenvalue weighted by atomic mass is 79.9. The molecular weight excluding hydrogens is 234 g/mol. The molecule has 0 N–H and O–H groups in total. The van der Waals surface area contributed by atoms with E-state index in [0.717, 1.165) is 10.5 Å². The molecule has 1 aromatic rings. The lowest BCUT2D eigenvalue weighted by Crippen LogP contribution is -2.03. The van der Waals surface area contributed by atoms with Gasteiger partial charge in [-0.1, -0.05) is 19.3 Å². The lowest BCUT2D eigenvalue weighted by molar-refractivity contribution is 0.442. The zero-order valence-electron chi connectivity index (χ0n) is 6.92. The molecule has 1 aliphatic rings. The van der Waals surface area contributed by atoms with Crippen LogP contribution in [-0.4, -0.2) is 4.98 Å². The average Bonchev–Trinajstić information content (AvgIpc) is 2.54. The molecule has 0 aromatic carbocycles. The molecular formula is C9H12BrNS. The summed E-state index contributed by atoms with van der Waals surface area (Å²) in [5.41, 5.74) is 0. The quantitative estimate of drug-likeness (QED) is 0.731. The molecule has 1 heterocycles. The Bertz CT molecular complexity index is 253. The minimum atomic E-state index is 0.759. The van der Waals surface area contributed by atoms with Crippen molar-refractivity contribution in [2.24, 2.45) is 0 Å². The predicted octanol–water partition coefficient (Wildman–Crippen LogP) is 3.95. The number of thiazole rings is 1. The number of hydrogen-bond acceptors (Lipinski definition) is 2. The lowest BCUT2D eigenvalue weighted by Gasteiger charge is -2.18. The van der Waals surface area contributed by atoms with Crippen LogP contribution in [0.25, 0.3) is 0 Å². The van der Waals surface area contributed by atoms with E-state index in [1.807, 2.05) is 0 Å². The molecule has 1 saturated carbocycles. The summed E-state index contributed by atoms with van der Waals surface area (Å²) in [5.74, 6) is 0.759. The molecule has 0 bridgehead atoms. The molecule has 0 unspecified atom stereocenters. The Morgan fingerprint density at radius 2 is 2.08 bits per heavy atom. The zero-order chi connectivity index (χ0) is 8.39. The third-order valence-corrected chi connectivity index (χ3v) is 4.16. The molecule has 2 rings (SSSR count). The molecule has 1 nitrogen and oxygen atoms in total. The molecule has 0 amide bonds. The number of aromatic nitrogens is 1. The van der Waals surface area contributed by atoms with E-state index in [-0.39, 0.29) is 0 Å². The van der Waals surface area contributed by atoms with Gasteiger partial charge in [0.05, 0.1) is 5.01 Å². The SMILES string of the molecule is Brc1csc(C2CCCCC2)n1. The summed E-state index contributed by atoms with van der Waals surface area (Å²) in [4.78, 5) is 4.47. The maximum Gasteiger partial charge on any atom is 0.117 e. The second kappa shape index (κ2) is 3.88. The molecule has 0 saturated heterocycles. The van der Waals surface area contributed by atoms with Crippen molar-refractivity contribution < 1.29 is 0 Å². The molecule has 66 valence electrons. The highest BCUT2D eigenvalue weighted by Crippen LogP contribution is 2.34. The molecule has 1 aromatic heterocycles. The number of nitrogens with zero attached hydrogens (tertiary/aromatic N) is 1. The Labute approximate surface area is 85.3 Å². The van der Waals surface area contributed by atoms with Crippen molar-refractivity contribution in [2.45, 2.75) is 38.0 Å². The largest absolute Gasteiger partial charge is 0.234 e. The minimum Gasteiger partial charge on any atom is -0.234 e. The number of hydrogen-bond donors (Lipinski definition) is 0. The zero-order valence-corrected chi connectivity index (χ0v) is 9.33. The van der Waals surface area contributed by atoms with Crippen LogP contribution in [0.1, 0.15) is 43.0 Å². The van der Waals surface area contributed by atoms with E-state index in [4.69, 9.17) is 0 Å². The van der Waals surface area contributed by atoms with Gasteiger partial charge >= 0.3 is 0 Å². The average molecular weight is 246 g/mol. The fraction of sp³-hybridized carbons (Fsp3) is 0.667.